The summed E-state index contributed by atoms with van der Waals surface area (Å²) in [7, 11) is 0. The van der Waals surface area contributed by atoms with Crippen LogP contribution in [0.25, 0.3) is 117 Å². The van der Waals surface area contributed by atoms with E-state index in [4.69, 9.17) is 19.4 Å². The molecule has 0 saturated heterocycles. The van der Waals surface area contributed by atoms with Crippen LogP contribution in [0.15, 0.2) is 211 Å². The molecule has 0 bridgehead atoms. The van der Waals surface area contributed by atoms with Gasteiger partial charge in [-0.3, -0.25) is 0 Å². The SMILES string of the molecule is c1ccc(-c2cccc(-c3nc(-c4ccccc4)nc(-c4ccc(-c5ccc(-n6c7ccccc7c7ccc8ccccc8c76)c6c5oc5ccccc56)cc4)n3)c2)cc1. The molecule has 0 unspecified atom stereocenters. The Hall–Kier alpha value is -8.15. The molecule has 12 rings (SSSR count). The summed E-state index contributed by atoms with van der Waals surface area (Å²) in [6, 6.07) is 72.0. The first-order chi connectivity index (χ1) is 29.7. The van der Waals surface area contributed by atoms with Gasteiger partial charge in [-0.05, 0) is 52.4 Å². The zero-order chi connectivity index (χ0) is 39.6. The third-order valence-electron chi connectivity index (χ3n) is 11.7. The smallest absolute Gasteiger partial charge is 0.164 e. The normalized spacial score (nSPS) is 11.7. The molecule has 0 fully saturated rings. The summed E-state index contributed by atoms with van der Waals surface area (Å²) in [5, 5.41) is 7.03. The van der Waals surface area contributed by atoms with E-state index in [2.05, 4.69) is 168 Å². The fraction of sp³-hybridized carbons (Fsp3) is 0. The zero-order valence-electron chi connectivity index (χ0n) is 32.3. The van der Waals surface area contributed by atoms with E-state index < -0.39 is 0 Å². The summed E-state index contributed by atoms with van der Waals surface area (Å²) in [4.78, 5) is 15.1. The van der Waals surface area contributed by atoms with Gasteiger partial charge in [-0.2, -0.15) is 0 Å². The van der Waals surface area contributed by atoms with E-state index in [1.807, 2.05) is 42.5 Å². The van der Waals surface area contributed by atoms with Crippen molar-refractivity contribution in [1.82, 2.24) is 19.5 Å². The summed E-state index contributed by atoms with van der Waals surface area (Å²) >= 11 is 0. The van der Waals surface area contributed by atoms with Gasteiger partial charge < -0.3 is 8.98 Å². The number of hydrogen-bond donors (Lipinski definition) is 0. The number of hydrogen-bond acceptors (Lipinski definition) is 4. The number of furan rings is 1. The molecule has 0 aliphatic heterocycles. The van der Waals surface area contributed by atoms with Gasteiger partial charge in [0, 0.05) is 43.8 Å². The second kappa shape index (κ2) is 13.8. The first-order valence-corrected chi connectivity index (χ1v) is 20.2. The maximum atomic E-state index is 6.83. The second-order valence-electron chi connectivity index (χ2n) is 15.2. The van der Waals surface area contributed by atoms with Gasteiger partial charge in [0.1, 0.15) is 11.2 Å². The molecule has 9 aromatic carbocycles. The van der Waals surface area contributed by atoms with E-state index in [-0.39, 0.29) is 0 Å². The number of benzene rings is 9. The van der Waals surface area contributed by atoms with Crippen LogP contribution >= 0.6 is 0 Å². The highest BCUT2D eigenvalue weighted by Crippen LogP contribution is 2.44. The van der Waals surface area contributed by atoms with Crippen molar-refractivity contribution in [3.8, 4) is 62.1 Å². The topological polar surface area (TPSA) is 56.7 Å². The number of nitrogens with zero attached hydrogens (tertiary/aromatic N) is 4. The van der Waals surface area contributed by atoms with Crippen molar-refractivity contribution >= 4 is 54.5 Å². The third kappa shape index (κ3) is 5.52. The van der Waals surface area contributed by atoms with Gasteiger partial charge in [0.25, 0.3) is 0 Å². The molecule has 5 nitrogen and oxygen atoms in total. The maximum absolute atomic E-state index is 6.83. The predicted molar refractivity (Wildman–Crippen MR) is 246 cm³/mol. The molecule has 0 amide bonds. The highest BCUT2D eigenvalue weighted by Gasteiger charge is 2.22. The van der Waals surface area contributed by atoms with Crippen LogP contribution in [-0.4, -0.2) is 19.5 Å². The van der Waals surface area contributed by atoms with Gasteiger partial charge in [0.2, 0.25) is 0 Å². The summed E-state index contributed by atoms with van der Waals surface area (Å²) in [5.74, 6) is 1.86. The molecular weight excluding hydrogens is 733 g/mol. The second-order valence-corrected chi connectivity index (χ2v) is 15.2. The fourth-order valence-electron chi connectivity index (χ4n) is 8.82. The Bertz CT molecular complexity index is 3590. The lowest BCUT2D eigenvalue weighted by Crippen LogP contribution is -2.00. The lowest BCUT2D eigenvalue weighted by Gasteiger charge is -2.13. The van der Waals surface area contributed by atoms with E-state index in [1.54, 1.807) is 0 Å². The molecule has 60 heavy (non-hydrogen) atoms. The summed E-state index contributed by atoms with van der Waals surface area (Å²) < 4.78 is 9.26. The molecule has 5 heteroatoms. The predicted octanol–water partition coefficient (Wildman–Crippen LogP) is 14.4. The van der Waals surface area contributed by atoms with Crippen LogP contribution < -0.4 is 0 Å². The van der Waals surface area contributed by atoms with Crippen molar-refractivity contribution in [2.45, 2.75) is 0 Å². The first-order valence-electron chi connectivity index (χ1n) is 20.2. The molecule has 3 heterocycles. The Balaban J connectivity index is 1.01. The monoisotopic (exact) mass is 766 g/mol. The average Bonchev–Trinajstić information content (AvgIpc) is 3.89. The Labute approximate surface area is 345 Å². The van der Waals surface area contributed by atoms with Gasteiger partial charge in [0.05, 0.1) is 22.1 Å². The summed E-state index contributed by atoms with van der Waals surface area (Å²) in [6.45, 7) is 0. The van der Waals surface area contributed by atoms with Crippen molar-refractivity contribution in [2.24, 2.45) is 0 Å². The summed E-state index contributed by atoms with van der Waals surface area (Å²) in [6.07, 6.45) is 0. The minimum atomic E-state index is 0.610. The average molecular weight is 767 g/mol. The number of para-hydroxylation sites is 2. The van der Waals surface area contributed by atoms with Crippen molar-refractivity contribution < 1.29 is 4.42 Å². The first kappa shape index (κ1) is 33.9. The van der Waals surface area contributed by atoms with E-state index in [0.29, 0.717) is 17.5 Å². The van der Waals surface area contributed by atoms with E-state index in [1.165, 1.54) is 27.1 Å². The highest BCUT2D eigenvalue weighted by molar-refractivity contribution is 6.21. The standard InChI is InChI=1S/C55H34N4O/c1-3-14-35(15-4-1)40-19-13-20-41(34-40)55-57-53(38-17-5-2-6-18-38)56-54(58-55)39-28-26-37(27-29-39)43-32-33-48(50-46-23-10-12-25-49(46)60-52(43)50)59-47-24-11-9-22-44(47)45-31-30-36-16-7-8-21-42(36)51(45)59/h1-34H. The van der Waals surface area contributed by atoms with E-state index in [0.717, 1.165) is 72.1 Å². The molecule has 3 aromatic heterocycles. The van der Waals surface area contributed by atoms with E-state index >= 15 is 0 Å². The van der Waals surface area contributed by atoms with Crippen molar-refractivity contribution in [1.29, 1.82) is 0 Å². The van der Waals surface area contributed by atoms with Crippen LogP contribution in [0.2, 0.25) is 0 Å². The van der Waals surface area contributed by atoms with Crippen molar-refractivity contribution in [2.75, 3.05) is 0 Å². The molecule has 0 aliphatic rings. The zero-order valence-corrected chi connectivity index (χ0v) is 32.3. The Morgan fingerprint density at radius 2 is 0.950 bits per heavy atom. The quantitative estimate of drug-likeness (QED) is 0.169. The van der Waals surface area contributed by atoms with Crippen molar-refractivity contribution in [3.05, 3.63) is 206 Å². The lowest BCUT2D eigenvalue weighted by molar-refractivity contribution is 0.670. The molecule has 0 N–H and O–H groups in total. The number of rotatable bonds is 6. The van der Waals surface area contributed by atoms with Gasteiger partial charge >= 0.3 is 0 Å². The van der Waals surface area contributed by atoms with E-state index in [9.17, 15) is 0 Å². The number of fused-ring (bicyclic) bond motifs is 8. The third-order valence-corrected chi connectivity index (χ3v) is 11.7. The van der Waals surface area contributed by atoms with Gasteiger partial charge in [-0.15, -0.1) is 0 Å². The van der Waals surface area contributed by atoms with Crippen LogP contribution in [0, 0.1) is 0 Å². The Morgan fingerprint density at radius 3 is 1.73 bits per heavy atom. The van der Waals surface area contributed by atoms with Crippen LogP contribution in [0.3, 0.4) is 0 Å². The van der Waals surface area contributed by atoms with Gasteiger partial charge in [0.15, 0.2) is 17.5 Å². The van der Waals surface area contributed by atoms with Crippen molar-refractivity contribution in [3.63, 3.8) is 0 Å². The maximum Gasteiger partial charge on any atom is 0.164 e. The molecule has 0 spiro atoms. The Morgan fingerprint density at radius 1 is 0.367 bits per heavy atom. The van der Waals surface area contributed by atoms with Crippen LogP contribution in [0.4, 0.5) is 0 Å². The molecule has 0 radical (unpaired) electrons. The largest absolute Gasteiger partial charge is 0.455 e. The van der Waals surface area contributed by atoms with Gasteiger partial charge in [-0.1, -0.05) is 176 Å². The molecule has 280 valence electrons. The molecular formula is C55H34N4O. The fourth-order valence-corrected chi connectivity index (χ4v) is 8.82. The van der Waals surface area contributed by atoms with Crippen LogP contribution in [0.5, 0.6) is 0 Å². The molecule has 0 aliphatic carbocycles. The lowest BCUT2D eigenvalue weighted by atomic mass is 9.99. The molecule has 12 aromatic rings. The molecule has 0 saturated carbocycles. The highest BCUT2D eigenvalue weighted by atomic mass is 16.3. The number of aromatic nitrogens is 4. The molecule has 0 atom stereocenters. The summed E-state index contributed by atoms with van der Waals surface area (Å²) in [5.41, 5.74) is 12.2. The minimum absolute atomic E-state index is 0.610. The van der Waals surface area contributed by atoms with Crippen LogP contribution in [0.1, 0.15) is 0 Å². The minimum Gasteiger partial charge on any atom is -0.455 e. The van der Waals surface area contributed by atoms with Crippen LogP contribution in [-0.2, 0) is 0 Å². The van der Waals surface area contributed by atoms with Gasteiger partial charge in [-0.25, -0.2) is 15.0 Å². The Kier molecular flexibility index (Phi) is 7.78.